The van der Waals surface area contributed by atoms with Crippen LogP contribution in [0.15, 0.2) is 41.8 Å². The van der Waals surface area contributed by atoms with E-state index in [0.29, 0.717) is 4.83 Å². The van der Waals surface area contributed by atoms with Gasteiger partial charge in [0.05, 0.1) is 4.83 Å². The summed E-state index contributed by atoms with van der Waals surface area (Å²) >= 11 is 7.91. The predicted molar refractivity (Wildman–Crippen MR) is 74.2 cm³/mol. The summed E-state index contributed by atoms with van der Waals surface area (Å²) in [4.78, 5) is 1.72. The summed E-state index contributed by atoms with van der Waals surface area (Å²) in [5.74, 6) is 0. The minimum Gasteiger partial charge on any atom is -0.146 e. The molecule has 0 N–H and O–H groups in total. The Morgan fingerprint density at radius 2 is 1.86 bits per heavy atom. The van der Waals surface area contributed by atoms with E-state index in [4.69, 9.17) is 0 Å². The second kappa shape index (κ2) is 4.77. The standard InChI is InChI=1S/C11H8BrIS/c12-10(8-4-2-1-3-5-8)11-9(13)6-7-14-11/h1-7,10H. The van der Waals surface area contributed by atoms with Crippen LogP contribution in [0.3, 0.4) is 0 Å². The maximum Gasteiger partial charge on any atom is 0.0748 e. The van der Waals surface area contributed by atoms with Gasteiger partial charge in [-0.1, -0.05) is 46.3 Å². The fourth-order valence-electron chi connectivity index (χ4n) is 1.26. The minimum atomic E-state index is 0.329. The van der Waals surface area contributed by atoms with Crippen molar-refractivity contribution in [2.24, 2.45) is 0 Å². The van der Waals surface area contributed by atoms with Crippen molar-refractivity contribution in [2.75, 3.05) is 0 Å². The van der Waals surface area contributed by atoms with E-state index >= 15 is 0 Å². The molecule has 0 saturated heterocycles. The summed E-state index contributed by atoms with van der Waals surface area (Å²) in [6.07, 6.45) is 0. The van der Waals surface area contributed by atoms with Gasteiger partial charge < -0.3 is 0 Å². The van der Waals surface area contributed by atoms with Gasteiger partial charge in [-0.25, -0.2) is 0 Å². The summed E-state index contributed by atoms with van der Waals surface area (Å²) in [5.41, 5.74) is 1.31. The number of alkyl halides is 1. The summed E-state index contributed by atoms with van der Waals surface area (Å²) in [5, 5.41) is 2.13. The highest BCUT2D eigenvalue weighted by Crippen LogP contribution is 2.36. The molecule has 0 amide bonds. The second-order valence-corrected chi connectivity index (χ2v) is 5.93. The molecule has 0 fully saturated rings. The van der Waals surface area contributed by atoms with Gasteiger partial charge in [0.25, 0.3) is 0 Å². The van der Waals surface area contributed by atoms with E-state index in [1.165, 1.54) is 14.0 Å². The molecule has 0 spiro atoms. The van der Waals surface area contributed by atoms with Crippen molar-refractivity contribution in [1.29, 1.82) is 0 Å². The Bertz CT molecular complexity index is 410. The molecule has 0 radical (unpaired) electrons. The van der Waals surface area contributed by atoms with Crippen LogP contribution in [0.4, 0.5) is 0 Å². The van der Waals surface area contributed by atoms with Gasteiger partial charge in [-0.15, -0.1) is 11.3 Å². The molecule has 0 aliphatic heterocycles. The number of hydrogen-bond donors (Lipinski definition) is 0. The Morgan fingerprint density at radius 3 is 2.43 bits per heavy atom. The monoisotopic (exact) mass is 378 g/mol. The van der Waals surface area contributed by atoms with Crippen molar-refractivity contribution in [3.8, 4) is 0 Å². The SMILES string of the molecule is BrC(c1ccccc1)c1sccc1I. The van der Waals surface area contributed by atoms with Crippen LogP contribution < -0.4 is 0 Å². The van der Waals surface area contributed by atoms with E-state index < -0.39 is 0 Å². The highest BCUT2D eigenvalue weighted by molar-refractivity contribution is 14.1. The molecule has 0 aliphatic carbocycles. The Balaban J connectivity index is 2.34. The first-order chi connectivity index (χ1) is 6.79. The molecule has 0 bridgehead atoms. The van der Waals surface area contributed by atoms with Crippen molar-refractivity contribution < 1.29 is 0 Å². The molecule has 2 aromatic rings. The van der Waals surface area contributed by atoms with E-state index in [0.717, 1.165) is 0 Å². The third-order valence-corrected chi connectivity index (χ3v) is 5.55. The van der Waals surface area contributed by atoms with Gasteiger partial charge in [-0.2, -0.15) is 0 Å². The average Bonchev–Trinajstić information content (AvgIpc) is 2.65. The van der Waals surface area contributed by atoms with Crippen LogP contribution in [0.2, 0.25) is 0 Å². The maximum absolute atomic E-state index is 3.73. The zero-order valence-electron chi connectivity index (χ0n) is 7.28. The quantitative estimate of drug-likeness (QED) is 0.518. The van der Waals surface area contributed by atoms with Crippen LogP contribution >= 0.6 is 49.9 Å². The molecule has 14 heavy (non-hydrogen) atoms. The van der Waals surface area contributed by atoms with Crippen LogP contribution in [0.5, 0.6) is 0 Å². The summed E-state index contributed by atoms with van der Waals surface area (Å²) < 4.78 is 1.33. The van der Waals surface area contributed by atoms with Crippen LogP contribution in [0, 0.1) is 3.57 Å². The molecule has 0 saturated carbocycles. The van der Waals surface area contributed by atoms with E-state index in [1.54, 1.807) is 11.3 Å². The molecule has 0 aliphatic rings. The lowest BCUT2D eigenvalue weighted by atomic mass is 10.1. The number of rotatable bonds is 2. The third kappa shape index (κ3) is 2.20. The summed E-state index contributed by atoms with van der Waals surface area (Å²) in [7, 11) is 0. The molecule has 1 unspecified atom stereocenters. The van der Waals surface area contributed by atoms with Gasteiger partial charge in [0.2, 0.25) is 0 Å². The summed E-state index contributed by atoms with van der Waals surface area (Å²) in [6.45, 7) is 0. The first-order valence-electron chi connectivity index (χ1n) is 4.21. The van der Waals surface area contributed by atoms with Crippen LogP contribution in [0.1, 0.15) is 15.3 Å². The van der Waals surface area contributed by atoms with Crippen molar-refractivity contribution in [3.63, 3.8) is 0 Å². The number of hydrogen-bond acceptors (Lipinski definition) is 1. The van der Waals surface area contributed by atoms with E-state index in [2.05, 4.69) is 74.2 Å². The minimum absolute atomic E-state index is 0.329. The average molecular weight is 379 g/mol. The zero-order valence-corrected chi connectivity index (χ0v) is 11.8. The number of thiophene rings is 1. The lowest BCUT2D eigenvalue weighted by Gasteiger charge is -2.08. The highest BCUT2D eigenvalue weighted by Gasteiger charge is 2.13. The normalized spacial score (nSPS) is 12.7. The van der Waals surface area contributed by atoms with Crippen LogP contribution in [0.25, 0.3) is 0 Å². The van der Waals surface area contributed by atoms with Gasteiger partial charge >= 0.3 is 0 Å². The van der Waals surface area contributed by atoms with Gasteiger partial charge in [-0.05, 0) is 39.6 Å². The predicted octanol–water partition coefficient (Wildman–Crippen LogP) is 4.84. The van der Waals surface area contributed by atoms with E-state index in [1.807, 2.05) is 6.07 Å². The molecule has 2 rings (SSSR count). The largest absolute Gasteiger partial charge is 0.146 e. The Kier molecular flexibility index (Phi) is 3.62. The smallest absolute Gasteiger partial charge is 0.0748 e. The Hall–Kier alpha value is 0.130. The van der Waals surface area contributed by atoms with Gasteiger partial charge in [0.15, 0.2) is 0 Å². The molecule has 3 heteroatoms. The first kappa shape index (κ1) is 10.6. The third-order valence-electron chi connectivity index (χ3n) is 1.97. The van der Waals surface area contributed by atoms with E-state index in [9.17, 15) is 0 Å². The van der Waals surface area contributed by atoms with Crippen molar-refractivity contribution >= 4 is 49.9 Å². The molecular formula is C11H8BrIS. The summed E-state index contributed by atoms with van der Waals surface area (Å²) in [6, 6.07) is 12.6. The highest BCUT2D eigenvalue weighted by atomic mass is 127. The first-order valence-corrected chi connectivity index (χ1v) is 7.08. The number of benzene rings is 1. The fraction of sp³-hybridized carbons (Fsp3) is 0.0909. The zero-order chi connectivity index (χ0) is 9.97. The Morgan fingerprint density at radius 1 is 1.14 bits per heavy atom. The van der Waals surface area contributed by atoms with Gasteiger partial charge in [0, 0.05) is 8.45 Å². The molecular weight excluding hydrogens is 371 g/mol. The van der Waals surface area contributed by atoms with Crippen molar-refractivity contribution in [1.82, 2.24) is 0 Å². The number of halogens is 2. The van der Waals surface area contributed by atoms with Gasteiger partial charge in [0.1, 0.15) is 0 Å². The van der Waals surface area contributed by atoms with Crippen LogP contribution in [-0.2, 0) is 0 Å². The molecule has 1 heterocycles. The molecule has 1 atom stereocenters. The topological polar surface area (TPSA) is 0 Å². The molecule has 1 aromatic carbocycles. The van der Waals surface area contributed by atoms with Crippen molar-refractivity contribution in [2.45, 2.75) is 4.83 Å². The second-order valence-electron chi connectivity index (χ2n) is 2.91. The Labute approximate surface area is 110 Å². The van der Waals surface area contributed by atoms with Crippen molar-refractivity contribution in [3.05, 3.63) is 55.8 Å². The molecule has 72 valence electrons. The maximum atomic E-state index is 3.73. The lowest BCUT2D eigenvalue weighted by Crippen LogP contribution is -1.90. The molecule has 0 nitrogen and oxygen atoms in total. The fourth-order valence-corrected chi connectivity index (χ4v) is 4.47. The van der Waals surface area contributed by atoms with E-state index in [-0.39, 0.29) is 0 Å². The lowest BCUT2D eigenvalue weighted by molar-refractivity contribution is 1.21. The van der Waals surface area contributed by atoms with Crippen LogP contribution in [-0.4, -0.2) is 0 Å². The van der Waals surface area contributed by atoms with Gasteiger partial charge in [-0.3, -0.25) is 0 Å². The molecule has 1 aromatic heterocycles.